The lowest BCUT2D eigenvalue weighted by Gasteiger charge is -2.12. The van der Waals surface area contributed by atoms with Crippen molar-refractivity contribution in [2.45, 2.75) is 19.0 Å². The van der Waals surface area contributed by atoms with E-state index in [-0.39, 0.29) is 0 Å². The summed E-state index contributed by atoms with van der Waals surface area (Å²) in [5.41, 5.74) is 0.306. The smallest absolute Gasteiger partial charge is 0.309 e. The van der Waals surface area contributed by atoms with E-state index in [1.807, 2.05) is 14.1 Å². The van der Waals surface area contributed by atoms with E-state index in [1.54, 1.807) is 6.07 Å². The van der Waals surface area contributed by atoms with Gasteiger partial charge in [-0.2, -0.15) is 13.2 Å². The minimum atomic E-state index is -4.27. The lowest BCUT2D eigenvalue weighted by atomic mass is 10.1. The van der Waals surface area contributed by atoms with Crippen LogP contribution in [-0.4, -0.2) is 25.5 Å². The van der Waals surface area contributed by atoms with Gasteiger partial charge in [-0.3, -0.25) is 0 Å². The molecule has 1 nitrogen and oxygen atoms in total. The summed E-state index contributed by atoms with van der Waals surface area (Å²) in [5, 5.41) is 0. The number of hydrogen-bond donors (Lipinski definition) is 0. The van der Waals surface area contributed by atoms with Crippen molar-refractivity contribution in [3.8, 4) is 0 Å². The molecule has 0 heterocycles. The molecule has 0 aliphatic rings. The Hall–Kier alpha value is -0.550. The van der Waals surface area contributed by atoms with Crippen molar-refractivity contribution in [3.05, 3.63) is 33.8 Å². The van der Waals surface area contributed by atoms with Gasteiger partial charge in [-0.15, -0.1) is 0 Å². The van der Waals surface area contributed by atoms with Gasteiger partial charge in [0, 0.05) is 4.47 Å². The van der Waals surface area contributed by atoms with Gasteiger partial charge in [0.15, 0.2) is 0 Å². The number of aryl methyl sites for hydroxylation is 1. The quantitative estimate of drug-likeness (QED) is 0.813. The summed E-state index contributed by atoms with van der Waals surface area (Å²) in [5.74, 6) is 0. The maximum atomic E-state index is 12.4. The van der Waals surface area contributed by atoms with E-state index in [4.69, 9.17) is 0 Å². The average Bonchev–Trinajstić information content (AvgIpc) is 2.18. The van der Waals surface area contributed by atoms with E-state index in [1.165, 1.54) is 0 Å². The molecule has 0 unspecified atom stereocenters. The molecule has 96 valence electrons. The molecular formula is C12H15BrF3N. The standard InChI is InChI=1S/C12H15BrF3N/c1-17(2)7-3-4-9-5-6-10(8-11(9)13)12(14,15)16/h5-6,8H,3-4,7H2,1-2H3. The van der Waals surface area contributed by atoms with Crippen molar-refractivity contribution < 1.29 is 13.2 Å². The van der Waals surface area contributed by atoms with Crippen LogP contribution in [-0.2, 0) is 12.6 Å². The van der Waals surface area contributed by atoms with E-state index >= 15 is 0 Å². The summed E-state index contributed by atoms with van der Waals surface area (Å²) < 4.78 is 37.8. The minimum Gasteiger partial charge on any atom is -0.309 e. The molecule has 0 radical (unpaired) electrons. The maximum absolute atomic E-state index is 12.4. The zero-order valence-electron chi connectivity index (χ0n) is 9.81. The first-order valence-electron chi connectivity index (χ1n) is 5.31. The Morgan fingerprint density at radius 2 is 1.88 bits per heavy atom. The summed E-state index contributed by atoms with van der Waals surface area (Å²) >= 11 is 3.19. The molecule has 0 atom stereocenters. The molecule has 0 saturated carbocycles. The molecule has 0 aliphatic carbocycles. The largest absolute Gasteiger partial charge is 0.416 e. The number of alkyl halides is 3. The number of rotatable bonds is 4. The van der Waals surface area contributed by atoms with Crippen molar-refractivity contribution in [1.29, 1.82) is 0 Å². The van der Waals surface area contributed by atoms with Crippen LogP contribution in [0.5, 0.6) is 0 Å². The molecule has 0 aliphatic heterocycles. The van der Waals surface area contributed by atoms with Crippen LogP contribution in [0.4, 0.5) is 13.2 Å². The molecule has 0 fully saturated rings. The Bertz CT molecular complexity index is 375. The molecule has 17 heavy (non-hydrogen) atoms. The molecule has 0 N–H and O–H groups in total. The van der Waals surface area contributed by atoms with Crippen molar-refractivity contribution >= 4 is 15.9 Å². The molecular weight excluding hydrogens is 295 g/mol. The highest BCUT2D eigenvalue weighted by molar-refractivity contribution is 9.10. The van der Waals surface area contributed by atoms with E-state index in [0.717, 1.165) is 37.1 Å². The molecule has 0 saturated heterocycles. The van der Waals surface area contributed by atoms with Gasteiger partial charge in [-0.1, -0.05) is 22.0 Å². The van der Waals surface area contributed by atoms with Gasteiger partial charge in [0.2, 0.25) is 0 Å². The van der Waals surface area contributed by atoms with Crippen molar-refractivity contribution in [1.82, 2.24) is 4.90 Å². The highest BCUT2D eigenvalue weighted by atomic mass is 79.9. The van der Waals surface area contributed by atoms with Gasteiger partial charge >= 0.3 is 6.18 Å². The van der Waals surface area contributed by atoms with Crippen molar-refractivity contribution in [2.75, 3.05) is 20.6 Å². The Morgan fingerprint density at radius 3 is 2.35 bits per heavy atom. The summed E-state index contributed by atoms with van der Waals surface area (Å²) in [6, 6.07) is 3.82. The highest BCUT2D eigenvalue weighted by Gasteiger charge is 2.30. The van der Waals surface area contributed by atoms with Gasteiger partial charge in [0.25, 0.3) is 0 Å². The minimum absolute atomic E-state index is 0.533. The third-order valence-corrected chi connectivity index (χ3v) is 3.17. The lowest BCUT2D eigenvalue weighted by Crippen LogP contribution is -2.13. The number of nitrogens with zero attached hydrogens (tertiary/aromatic N) is 1. The fourth-order valence-corrected chi connectivity index (χ4v) is 2.09. The van der Waals surface area contributed by atoms with Gasteiger partial charge in [-0.05, 0) is 51.2 Å². The van der Waals surface area contributed by atoms with E-state index in [0.29, 0.717) is 4.47 Å². The second-order valence-electron chi connectivity index (χ2n) is 4.21. The Balaban J connectivity index is 2.70. The number of hydrogen-bond acceptors (Lipinski definition) is 1. The van der Waals surface area contributed by atoms with Gasteiger partial charge in [0.1, 0.15) is 0 Å². The van der Waals surface area contributed by atoms with Crippen LogP contribution in [0.15, 0.2) is 22.7 Å². The molecule has 0 aromatic heterocycles. The summed E-state index contributed by atoms with van der Waals surface area (Å²) in [6.45, 7) is 0.924. The van der Waals surface area contributed by atoms with Crippen LogP contribution in [0.2, 0.25) is 0 Å². The van der Waals surface area contributed by atoms with Crippen LogP contribution >= 0.6 is 15.9 Å². The zero-order chi connectivity index (χ0) is 13.1. The van der Waals surface area contributed by atoms with Gasteiger partial charge in [-0.25, -0.2) is 0 Å². The predicted molar refractivity (Wildman–Crippen MR) is 66.0 cm³/mol. The second-order valence-corrected chi connectivity index (χ2v) is 5.07. The molecule has 0 bridgehead atoms. The normalized spacial score (nSPS) is 12.2. The second kappa shape index (κ2) is 5.87. The van der Waals surface area contributed by atoms with Gasteiger partial charge in [0.05, 0.1) is 5.56 Å². The van der Waals surface area contributed by atoms with Crippen LogP contribution in [0.1, 0.15) is 17.5 Å². The van der Waals surface area contributed by atoms with E-state index in [2.05, 4.69) is 20.8 Å². The van der Waals surface area contributed by atoms with Crippen LogP contribution < -0.4 is 0 Å². The van der Waals surface area contributed by atoms with E-state index < -0.39 is 11.7 Å². The summed E-state index contributed by atoms with van der Waals surface area (Å²) in [7, 11) is 3.95. The zero-order valence-corrected chi connectivity index (χ0v) is 11.4. The summed E-state index contributed by atoms with van der Waals surface area (Å²) in [6.07, 6.45) is -2.57. The maximum Gasteiger partial charge on any atom is 0.416 e. The third kappa shape index (κ3) is 4.68. The molecule has 1 aromatic rings. The molecule has 0 amide bonds. The van der Waals surface area contributed by atoms with Crippen molar-refractivity contribution in [2.24, 2.45) is 0 Å². The third-order valence-electron chi connectivity index (χ3n) is 2.43. The van der Waals surface area contributed by atoms with E-state index in [9.17, 15) is 13.2 Å². The first-order chi connectivity index (χ1) is 7.80. The Labute approximate surface area is 108 Å². The predicted octanol–water partition coefficient (Wildman–Crippen LogP) is 3.96. The molecule has 1 aromatic carbocycles. The molecule has 1 rings (SSSR count). The first-order valence-corrected chi connectivity index (χ1v) is 6.10. The van der Waals surface area contributed by atoms with Crippen molar-refractivity contribution in [3.63, 3.8) is 0 Å². The lowest BCUT2D eigenvalue weighted by molar-refractivity contribution is -0.137. The first kappa shape index (κ1) is 14.5. The van der Waals surface area contributed by atoms with Crippen LogP contribution in [0.25, 0.3) is 0 Å². The SMILES string of the molecule is CN(C)CCCc1ccc(C(F)(F)F)cc1Br. The fourth-order valence-electron chi connectivity index (χ4n) is 1.51. The van der Waals surface area contributed by atoms with Crippen LogP contribution in [0, 0.1) is 0 Å². The fraction of sp³-hybridized carbons (Fsp3) is 0.500. The highest BCUT2D eigenvalue weighted by Crippen LogP contribution is 2.32. The monoisotopic (exact) mass is 309 g/mol. The van der Waals surface area contributed by atoms with Gasteiger partial charge < -0.3 is 4.90 Å². The Morgan fingerprint density at radius 1 is 1.24 bits per heavy atom. The van der Waals surface area contributed by atoms with Crippen LogP contribution in [0.3, 0.4) is 0 Å². The summed E-state index contributed by atoms with van der Waals surface area (Å²) in [4.78, 5) is 2.05. The number of benzene rings is 1. The molecule has 5 heteroatoms. The molecule has 0 spiro atoms. The Kier molecular flexibility index (Phi) is 5.01. The topological polar surface area (TPSA) is 3.24 Å². The number of halogens is 4. The average molecular weight is 310 g/mol.